The maximum Gasteiger partial charge on any atom is 0.251 e. The molecule has 1 aromatic carbocycles. The van der Waals surface area contributed by atoms with Crippen molar-refractivity contribution in [2.75, 3.05) is 23.7 Å². The second-order valence-electron chi connectivity index (χ2n) is 10.9. The summed E-state index contributed by atoms with van der Waals surface area (Å²) in [6.07, 6.45) is 12.0. The lowest BCUT2D eigenvalue weighted by Gasteiger charge is -2.28. The van der Waals surface area contributed by atoms with Crippen molar-refractivity contribution in [3.63, 3.8) is 0 Å². The Bertz CT molecular complexity index is 1480. The highest BCUT2D eigenvalue weighted by atomic mass is 16.3. The van der Waals surface area contributed by atoms with Gasteiger partial charge in [-0.2, -0.15) is 4.98 Å². The Morgan fingerprint density at radius 2 is 1.78 bits per heavy atom. The van der Waals surface area contributed by atoms with Crippen molar-refractivity contribution < 1.29 is 9.90 Å². The van der Waals surface area contributed by atoms with Crippen LogP contribution in [0.25, 0.3) is 5.57 Å². The largest absolute Gasteiger partial charge is 0.393 e. The molecule has 2 fully saturated rings. The summed E-state index contributed by atoms with van der Waals surface area (Å²) in [5, 5.41) is 23.2. The smallest absolute Gasteiger partial charge is 0.251 e. The minimum atomic E-state index is -0.199. The summed E-state index contributed by atoms with van der Waals surface area (Å²) >= 11 is 0. The molecule has 9 nitrogen and oxygen atoms in total. The van der Waals surface area contributed by atoms with Crippen LogP contribution >= 0.6 is 0 Å². The number of pyridine rings is 1. The number of anilines is 3. The molecule has 1 amide bonds. The molecule has 3 aliphatic rings. The Balaban J connectivity index is 1.14. The number of hydrogen-bond acceptors (Lipinski definition) is 8. The number of carbonyl (C=O) groups is 1. The van der Waals surface area contributed by atoms with Crippen molar-refractivity contribution in [3.8, 4) is 11.8 Å². The van der Waals surface area contributed by atoms with E-state index in [0.717, 1.165) is 80.7 Å². The van der Waals surface area contributed by atoms with E-state index in [1.54, 1.807) is 18.3 Å². The molecular weight excluding hydrogens is 514 g/mol. The Morgan fingerprint density at radius 3 is 2.54 bits per heavy atom. The first-order valence-electron chi connectivity index (χ1n) is 14.5. The minimum Gasteiger partial charge on any atom is -0.393 e. The summed E-state index contributed by atoms with van der Waals surface area (Å²) in [6.45, 7) is 1.78. The Hall–Kier alpha value is -4.26. The van der Waals surface area contributed by atoms with E-state index in [1.807, 2.05) is 30.5 Å². The van der Waals surface area contributed by atoms with E-state index < -0.39 is 0 Å². The molecular formula is C32H35N7O2. The Morgan fingerprint density at radius 1 is 0.976 bits per heavy atom. The molecule has 2 aromatic heterocycles. The van der Waals surface area contributed by atoms with Crippen LogP contribution in [0.15, 0.2) is 54.9 Å². The topological polar surface area (TPSA) is 124 Å². The van der Waals surface area contributed by atoms with Crippen LogP contribution < -0.4 is 21.3 Å². The highest BCUT2D eigenvalue weighted by Crippen LogP contribution is 2.30. The van der Waals surface area contributed by atoms with Gasteiger partial charge in [0.1, 0.15) is 11.5 Å². The van der Waals surface area contributed by atoms with E-state index in [-0.39, 0.29) is 18.1 Å². The number of nitrogens with zero attached hydrogens (tertiary/aromatic N) is 3. The number of benzene rings is 1. The minimum absolute atomic E-state index is 0.0769. The summed E-state index contributed by atoms with van der Waals surface area (Å²) in [5.41, 5.74) is 5.11. The van der Waals surface area contributed by atoms with Crippen molar-refractivity contribution in [1.82, 2.24) is 25.6 Å². The predicted octanol–water partition coefficient (Wildman–Crippen LogP) is 4.00. The molecule has 0 atom stereocenters. The highest BCUT2D eigenvalue weighted by Gasteiger charge is 2.24. The molecule has 3 heterocycles. The molecule has 0 spiro atoms. The molecule has 1 aliphatic heterocycles. The van der Waals surface area contributed by atoms with Crippen molar-refractivity contribution in [2.24, 2.45) is 0 Å². The maximum atomic E-state index is 12.3. The van der Waals surface area contributed by atoms with Gasteiger partial charge < -0.3 is 26.4 Å². The molecule has 3 aromatic rings. The number of nitrogens with one attached hydrogen (secondary N) is 4. The standard InChI is InChI=1S/C32H35N7O2/c40-28-11-9-24(10-12-28)36-30-29(22-13-16-33-17-14-22)20-35-32(39-30)38-26-4-1-21(2-5-26)3-6-27-19-23(15-18-34-27)31(41)37-25-7-8-25/h1-2,4-5,13,15,18-20,24-25,28,33,40H,7-12,14,16-17H2,(H,37,41)(H2,35,36,38,39). The van der Waals surface area contributed by atoms with Gasteiger partial charge in [0.2, 0.25) is 5.95 Å². The van der Waals surface area contributed by atoms with Gasteiger partial charge in [-0.05, 0) is 99.4 Å². The van der Waals surface area contributed by atoms with Gasteiger partial charge in [-0.1, -0.05) is 12.0 Å². The lowest BCUT2D eigenvalue weighted by molar-refractivity contribution is 0.0951. The van der Waals surface area contributed by atoms with E-state index >= 15 is 0 Å². The number of amides is 1. The van der Waals surface area contributed by atoms with Crippen molar-refractivity contribution in [3.05, 3.63) is 77.3 Å². The third-order valence-corrected chi connectivity index (χ3v) is 7.65. The number of aliphatic hydroxyl groups excluding tert-OH is 1. The van der Waals surface area contributed by atoms with Crippen LogP contribution in [0.2, 0.25) is 0 Å². The predicted molar refractivity (Wildman–Crippen MR) is 160 cm³/mol. The molecule has 5 N–H and O–H groups in total. The molecule has 9 heteroatoms. The van der Waals surface area contributed by atoms with E-state index in [0.29, 0.717) is 23.2 Å². The summed E-state index contributed by atoms with van der Waals surface area (Å²) in [6, 6.07) is 11.8. The quantitative estimate of drug-likeness (QED) is 0.280. The van der Waals surface area contributed by atoms with E-state index in [4.69, 9.17) is 4.98 Å². The normalized spacial score (nSPS) is 20.3. The van der Waals surface area contributed by atoms with E-state index in [9.17, 15) is 9.90 Å². The SMILES string of the molecule is O=C(NC1CC1)c1ccnc(C#Cc2ccc(Nc3ncc(C4=CCNCC4)c(NC4CCC(O)CC4)n3)cc2)c1. The summed E-state index contributed by atoms with van der Waals surface area (Å²) < 4.78 is 0. The lowest BCUT2D eigenvalue weighted by atomic mass is 9.93. The molecule has 41 heavy (non-hydrogen) atoms. The van der Waals surface area contributed by atoms with Crippen LogP contribution in [0.4, 0.5) is 17.5 Å². The molecule has 0 bridgehead atoms. The molecule has 0 radical (unpaired) electrons. The van der Waals surface area contributed by atoms with Crippen LogP contribution in [-0.2, 0) is 0 Å². The van der Waals surface area contributed by atoms with Crippen LogP contribution in [0.3, 0.4) is 0 Å². The van der Waals surface area contributed by atoms with E-state index in [2.05, 4.69) is 49.2 Å². The number of carbonyl (C=O) groups excluding carboxylic acids is 1. The first-order valence-corrected chi connectivity index (χ1v) is 14.5. The second-order valence-corrected chi connectivity index (χ2v) is 10.9. The first-order chi connectivity index (χ1) is 20.1. The Labute approximate surface area is 240 Å². The molecule has 0 saturated heterocycles. The van der Waals surface area contributed by atoms with Gasteiger partial charge in [0.05, 0.1) is 6.10 Å². The van der Waals surface area contributed by atoms with Gasteiger partial charge >= 0.3 is 0 Å². The van der Waals surface area contributed by atoms with E-state index in [1.165, 1.54) is 5.57 Å². The third kappa shape index (κ3) is 7.28. The summed E-state index contributed by atoms with van der Waals surface area (Å²) in [5.74, 6) is 7.47. The van der Waals surface area contributed by atoms with Crippen LogP contribution in [-0.4, -0.2) is 57.2 Å². The highest BCUT2D eigenvalue weighted by molar-refractivity contribution is 5.94. The maximum absolute atomic E-state index is 12.3. The fraction of sp³-hybridized carbons (Fsp3) is 0.375. The number of rotatable bonds is 7. The molecule has 210 valence electrons. The third-order valence-electron chi connectivity index (χ3n) is 7.65. The zero-order valence-corrected chi connectivity index (χ0v) is 23.0. The van der Waals surface area contributed by atoms with Crippen LogP contribution in [0.1, 0.15) is 72.1 Å². The van der Waals surface area contributed by atoms with Crippen molar-refractivity contribution in [1.29, 1.82) is 0 Å². The van der Waals surface area contributed by atoms with Gasteiger partial charge in [-0.25, -0.2) is 9.97 Å². The summed E-state index contributed by atoms with van der Waals surface area (Å²) in [4.78, 5) is 26.1. The molecule has 2 saturated carbocycles. The number of hydrogen-bond donors (Lipinski definition) is 5. The first kappa shape index (κ1) is 26.9. The van der Waals surface area contributed by atoms with Crippen LogP contribution in [0, 0.1) is 11.8 Å². The molecule has 0 unspecified atom stereocenters. The monoisotopic (exact) mass is 549 g/mol. The lowest BCUT2D eigenvalue weighted by Crippen LogP contribution is -2.29. The summed E-state index contributed by atoms with van der Waals surface area (Å²) in [7, 11) is 0. The average molecular weight is 550 g/mol. The van der Waals surface area contributed by atoms with Gasteiger partial charge in [0.25, 0.3) is 5.91 Å². The van der Waals surface area contributed by atoms with Crippen molar-refractivity contribution in [2.45, 2.75) is 63.1 Å². The van der Waals surface area contributed by atoms with Gasteiger partial charge in [0.15, 0.2) is 0 Å². The molecule has 2 aliphatic carbocycles. The molecule has 6 rings (SSSR count). The average Bonchev–Trinajstić information content (AvgIpc) is 3.83. The van der Waals surface area contributed by atoms with Crippen molar-refractivity contribution >= 4 is 28.9 Å². The Kier molecular flexibility index (Phi) is 8.21. The second kappa shape index (κ2) is 12.5. The van der Waals surface area contributed by atoms with Crippen LogP contribution in [0.5, 0.6) is 0 Å². The fourth-order valence-electron chi connectivity index (χ4n) is 5.11. The number of aromatic nitrogens is 3. The number of aliphatic hydroxyl groups is 1. The fourth-order valence-corrected chi connectivity index (χ4v) is 5.11. The van der Waals surface area contributed by atoms with Gasteiger partial charge in [-0.3, -0.25) is 4.79 Å². The van der Waals surface area contributed by atoms with Gasteiger partial charge in [-0.15, -0.1) is 0 Å². The zero-order valence-electron chi connectivity index (χ0n) is 23.0. The van der Waals surface area contributed by atoms with Gasteiger partial charge in [0, 0.05) is 53.4 Å². The zero-order chi connectivity index (χ0) is 28.0.